The first kappa shape index (κ1) is 16.3. The lowest BCUT2D eigenvalue weighted by Crippen LogP contribution is -2.30. The van der Waals surface area contributed by atoms with E-state index in [-0.39, 0.29) is 17.5 Å². The van der Waals surface area contributed by atoms with Crippen molar-refractivity contribution in [3.05, 3.63) is 29.8 Å². The zero-order chi connectivity index (χ0) is 16.5. The van der Waals surface area contributed by atoms with Crippen LogP contribution in [0.2, 0.25) is 0 Å². The van der Waals surface area contributed by atoms with Crippen molar-refractivity contribution >= 4 is 17.6 Å². The van der Waals surface area contributed by atoms with Gasteiger partial charge in [-0.05, 0) is 43.5 Å². The molecular formula is C15H16F3NO3. The molecular weight excluding hydrogens is 299 g/mol. The standard InChI is InChI=1S/C15H16F3NO3/c1-8-7-12(8)14(21)22-9(2)13(20)19-11-5-3-10(4-6-11)15(16,17)18/h3-6,8-9,12H,7H2,1-2H3,(H,19,20)/t8-,9+,12+/m1/s1. The number of alkyl halides is 3. The van der Waals surface area contributed by atoms with Crippen LogP contribution in [-0.4, -0.2) is 18.0 Å². The Labute approximate surface area is 125 Å². The number of ether oxygens (including phenoxy) is 1. The summed E-state index contributed by atoms with van der Waals surface area (Å²) in [5, 5.41) is 2.41. The number of hydrogen-bond donors (Lipinski definition) is 1. The molecule has 1 aliphatic carbocycles. The largest absolute Gasteiger partial charge is 0.452 e. The maximum atomic E-state index is 12.4. The highest BCUT2D eigenvalue weighted by molar-refractivity contribution is 5.95. The lowest BCUT2D eigenvalue weighted by Gasteiger charge is -2.14. The van der Waals surface area contributed by atoms with Crippen molar-refractivity contribution in [1.82, 2.24) is 0 Å². The van der Waals surface area contributed by atoms with Gasteiger partial charge in [0, 0.05) is 5.69 Å². The zero-order valence-electron chi connectivity index (χ0n) is 12.1. The van der Waals surface area contributed by atoms with Crippen LogP contribution in [0, 0.1) is 11.8 Å². The predicted octanol–water partition coefficient (Wildman–Crippen LogP) is 3.23. The maximum absolute atomic E-state index is 12.4. The van der Waals surface area contributed by atoms with E-state index in [4.69, 9.17) is 4.74 Å². The van der Waals surface area contributed by atoms with E-state index in [1.165, 1.54) is 6.92 Å². The summed E-state index contributed by atoms with van der Waals surface area (Å²) in [6.07, 6.45) is -4.67. The van der Waals surface area contributed by atoms with Gasteiger partial charge < -0.3 is 10.1 Å². The van der Waals surface area contributed by atoms with Crippen molar-refractivity contribution < 1.29 is 27.5 Å². The van der Waals surface area contributed by atoms with E-state index in [1.54, 1.807) is 0 Å². The minimum absolute atomic E-state index is 0.152. The Morgan fingerprint density at radius 2 is 1.82 bits per heavy atom. The fraction of sp³-hybridized carbons (Fsp3) is 0.467. The first-order valence-electron chi connectivity index (χ1n) is 6.87. The van der Waals surface area contributed by atoms with Crippen LogP contribution in [0.25, 0.3) is 0 Å². The summed E-state index contributed by atoms with van der Waals surface area (Å²) in [5.41, 5.74) is -0.589. The van der Waals surface area contributed by atoms with Crippen LogP contribution < -0.4 is 5.32 Å². The van der Waals surface area contributed by atoms with Crippen molar-refractivity contribution in [2.75, 3.05) is 5.32 Å². The fourth-order valence-electron chi connectivity index (χ4n) is 1.95. The number of anilines is 1. The van der Waals surface area contributed by atoms with Crippen molar-refractivity contribution in [3.8, 4) is 0 Å². The number of carbonyl (C=O) groups is 2. The van der Waals surface area contributed by atoms with Crippen LogP contribution in [0.3, 0.4) is 0 Å². The van der Waals surface area contributed by atoms with Gasteiger partial charge in [0.25, 0.3) is 5.91 Å². The van der Waals surface area contributed by atoms with Gasteiger partial charge in [-0.3, -0.25) is 9.59 Å². The van der Waals surface area contributed by atoms with E-state index in [0.717, 1.165) is 30.7 Å². The van der Waals surface area contributed by atoms with E-state index < -0.39 is 29.7 Å². The van der Waals surface area contributed by atoms with Crippen LogP contribution >= 0.6 is 0 Å². The highest BCUT2D eigenvalue weighted by Gasteiger charge is 2.41. The average Bonchev–Trinajstić information content (AvgIpc) is 3.15. The van der Waals surface area contributed by atoms with E-state index in [0.29, 0.717) is 0 Å². The van der Waals surface area contributed by atoms with Crippen LogP contribution in [0.4, 0.5) is 18.9 Å². The van der Waals surface area contributed by atoms with Crippen molar-refractivity contribution in [2.45, 2.75) is 32.5 Å². The normalized spacial score (nSPS) is 21.9. The molecule has 1 fully saturated rings. The van der Waals surface area contributed by atoms with Crippen LogP contribution in [0.1, 0.15) is 25.8 Å². The first-order chi connectivity index (χ1) is 10.2. The molecule has 1 saturated carbocycles. The van der Waals surface area contributed by atoms with Gasteiger partial charge in [-0.1, -0.05) is 6.92 Å². The van der Waals surface area contributed by atoms with Crippen molar-refractivity contribution in [3.63, 3.8) is 0 Å². The molecule has 4 nitrogen and oxygen atoms in total. The minimum atomic E-state index is -4.42. The summed E-state index contributed by atoms with van der Waals surface area (Å²) in [6.45, 7) is 3.34. The average molecular weight is 315 g/mol. The van der Waals surface area contributed by atoms with Crippen LogP contribution in [0.5, 0.6) is 0 Å². The highest BCUT2D eigenvalue weighted by Crippen LogP contribution is 2.38. The molecule has 120 valence electrons. The third-order valence-corrected chi connectivity index (χ3v) is 3.55. The maximum Gasteiger partial charge on any atom is 0.416 e. The quantitative estimate of drug-likeness (QED) is 0.868. The Morgan fingerprint density at radius 1 is 1.27 bits per heavy atom. The summed E-state index contributed by atoms with van der Waals surface area (Å²) >= 11 is 0. The summed E-state index contributed by atoms with van der Waals surface area (Å²) in [7, 11) is 0. The molecule has 1 aliphatic rings. The number of nitrogens with one attached hydrogen (secondary N) is 1. The van der Waals surface area contributed by atoms with Crippen molar-refractivity contribution in [2.24, 2.45) is 11.8 Å². The molecule has 2 rings (SSSR count). The van der Waals surface area contributed by atoms with Gasteiger partial charge >= 0.3 is 12.1 Å². The number of rotatable bonds is 4. The first-order valence-corrected chi connectivity index (χ1v) is 6.87. The smallest absolute Gasteiger partial charge is 0.416 e. The second-order valence-electron chi connectivity index (χ2n) is 5.46. The number of benzene rings is 1. The topological polar surface area (TPSA) is 55.4 Å². The Kier molecular flexibility index (Phi) is 4.44. The molecule has 1 N–H and O–H groups in total. The zero-order valence-corrected chi connectivity index (χ0v) is 12.1. The summed E-state index contributed by atoms with van der Waals surface area (Å²) in [5.74, 6) is -0.872. The minimum Gasteiger partial charge on any atom is -0.452 e. The molecule has 3 atom stereocenters. The third kappa shape index (κ3) is 3.99. The monoisotopic (exact) mass is 315 g/mol. The van der Waals surface area contributed by atoms with Gasteiger partial charge in [-0.25, -0.2) is 0 Å². The number of halogens is 3. The van der Waals surface area contributed by atoms with E-state index in [1.807, 2.05) is 6.92 Å². The summed E-state index contributed by atoms with van der Waals surface area (Å²) in [4.78, 5) is 23.5. The van der Waals surface area contributed by atoms with Gasteiger partial charge in [-0.15, -0.1) is 0 Å². The van der Waals surface area contributed by atoms with Gasteiger partial charge in [0.1, 0.15) is 0 Å². The third-order valence-electron chi connectivity index (χ3n) is 3.55. The fourth-order valence-corrected chi connectivity index (χ4v) is 1.95. The van der Waals surface area contributed by atoms with E-state index in [9.17, 15) is 22.8 Å². The molecule has 1 amide bonds. The Hall–Kier alpha value is -2.05. The van der Waals surface area contributed by atoms with E-state index in [2.05, 4.69) is 5.32 Å². The Bertz CT molecular complexity index is 568. The molecule has 1 aromatic rings. The molecule has 22 heavy (non-hydrogen) atoms. The van der Waals surface area contributed by atoms with Gasteiger partial charge in [0.05, 0.1) is 11.5 Å². The Balaban J connectivity index is 1.89. The number of hydrogen-bond acceptors (Lipinski definition) is 3. The molecule has 0 radical (unpaired) electrons. The molecule has 0 heterocycles. The summed E-state index contributed by atoms with van der Waals surface area (Å²) in [6, 6.07) is 4.05. The number of amides is 1. The van der Waals surface area contributed by atoms with E-state index >= 15 is 0 Å². The molecule has 0 unspecified atom stereocenters. The molecule has 7 heteroatoms. The summed E-state index contributed by atoms with van der Waals surface area (Å²) < 4.78 is 42.3. The number of carbonyl (C=O) groups excluding carboxylic acids is 2. The second kappa shape index (κ2) is 5.98. The van der Waals surface area contributed by atoms with Crippen LogP contribution in [0.15, 0.2) is 24.3 Å². The van der Waals surface area contributed by atoms with Gasteiger partial charge in [-0.2, -0.15) is 13.2 Å². The molecule has 1 aromatic carbocycles. The molecule has 0 bridgehead atoms. The number of esters is 1. The van der Waals surface area contributed by atoms with Gasteiger partial charge in [0.15, 0.2) is 6.10 Å². The predicted molar refractivity (Wildman–Crippen MR) is 72.9 cm³/mol. The second-order valence-corrected chi connectivity index (χ2v) is 5.46. The lowest BCUT2D eigenvalue weighted by atomic mass is 10.2. The highest BCUT2D eigenvalue weighted by atomic mass is 19.4. The van der Waals surface area contributed by atoms with Gasteiger partial charge in [0.2, 0.25) is 0 Å². The van der Waals surface area contributed by atoms with Crippen molar-refractivity contribution in [1.29, 1.82) is 0 Å². The Morgan fingerprint density at radius 3 is 2.27 bits per heavy atom. The lowest BCUT2D eigenvalue weighted by molar-refractivity contribution is -0.154. The molecule has 0 saturated heterocycles. The SMILES string of the molecule is C[C@H](OC(=O)[C@H]1C[C@H]1C)C(=O)Nc1ccc(C(F)(F)F)cc1. The molecule has 0 spiro atoms. The molecule has 0 aromatic heterocycles. The molecule has 0 aliphatic heterocycles. The van der Waals surface area contributed by atoms with Crippen LogP contribution in [-0.2, 0) is 20.5 Å².